The van der Waals surface area contributed by atoms with Crippen LogP contribution in [0.1, 0.15) is 12.0 Å². The van der Waals surface area contributed by atoms with Crippen LogP contribution in [0.5, 0.6) is 0 Å². The van der Waals surface area contributed by atoms with Crippen LogP contribution in [0.2, 0.25) is 0 Å². The molecule has 1 aromatic heterocycles. The van der Waals surface area contributed by atoms with E-state index in [2.05, 4.69) is 15.5 Å². The summed E-state index contributed by atoms with van der Waals surface area (Å²) in [7, 11) is 0. The highest BCUT2D eigenvalue weighted by Crippen LogP contribution is 2.32. The summed E-state index contributed by atoms with van der Waals surface area (Å²) >= 11 is 0. The number of benzene rings is 2. The lowest BCUT2D eigenvalue weighted by molar-refractivity contribution is 0.388. The molecule has 0 spiro atoms. The second-order valence-electron chi connectivity index (χ2n) is 7.52. The Morgan fingerprint density at radius 1 is 1.10 bits per heavy atom. The first kappa shape index (κ1) is 20.7. The van der Waals surface area contributed by atoms with E-state index in [0.717, 1.165) is 18.8 Å². The van der Waals surface area contributed by atoms with E-state index in [9.17, 15) is 9.18 Å². The number of pyridine rings is 1. The Labute approximate surface area is 179 Å². The van der Waals surface area contributed by atoms with E-state index in [1.54, 1.807) is 4.57 Å². The van der Waals surface area contributed by atoms with Crippen molar-refractivity contribution in [2.45, 2.75) is 19.4 Å². The number of nitrogen functional groups attached to an aromatic ring is 1. The van der Waals surface area contributed by atoms with Gasteiger partial charge in [0.15, 0.2) is 17.1 Å². The molecule has 0 saturated carbocycles. The molecule has 31 heavy (non-hydrogen) atoms. The molecule has 0 atom stereocenters. The van der Waals surface area contributed by atoms with Crippen molar-refractivity contribution >= 4 is 22.3 Å². The molecular weight excluding hydrogens is 400 g/mol. The molecule has 1 aliphatic heterocycles. The molecule has 0 radical (unpaired) electrons. The number of aryl methyl sites for hydroxylation is 2. The van der Waals surface area contributed by atoms with Crippen molar-refractivity contribution in [3.05, 3.63) is 82.4 Å². The number of halogens is 2. The van der Waals surface area contributed by atoms with Crippen LogP contribution in [0.4, 0.5) is 20.2 Å². The average Bonchev–Trinajstić information content (AvgIpc) is 3.30. The molecule has 4 N–H and O–H groups in total. The van der Waals surface area contributed by atoms with E-state index in [4.69, 9.17) is 5.73 Å². The maximum atomic E-state index is 15.5. The lowest BCUT2D eigenvalue weighted by Gasteiger charge is -2.18. The molecular formula is C23H25F2N5O. The minimum atomic E-state index is -0.925. The van der Waals surface area contributed by atoms with Crippen molar-refractivity contribution in [1.82, 2.24) is 14.8 Å². The number of nitrogens with one attached hydrogen (secondary N) is 2. The molecule has 1 aliphatic rings. The molecule has 0 amide bonds. The normalized spacial score (nSPS) is 13.0. The number of rotatable bonds is 8. The van der Waals surface area contributed by atoms with Crippen LogP contribution in [0, 0.1) is 11.6 Å². The van der Waals surface area contributed by atoms with E-state index in [1.807, 2.05) is 42.7 Å². The number of hydrogen-bond acceptors (Lipinski definition) is 5. The van der Waals surface area contributed by atoms with E-state index in [0.29, 0.717) is 25.9 Å². The topological polar surface area (TPSA) is 75.3 Å². The minimum absolute atomic E-state index is 0.0245. The van der Waals surface area contributed by atoms with Gasteiger partial charge in [-0.2, -0.15) is 0 Å². The molecule has 0 bridgehead atoms. The molecule has 6 nitrogen and oxygen atoms in total. The van der Waals surface area contributed by atoms with E-state index in [1.165, 1.54) is 12.3 Å². The van der Waals surface area contributed by atoms with Gasteiger partial charge in [0.2, 0.25) is 0 Å². The summed E-state index contributed by atoms with van der Waals surface area (Å²) in [5.74, 6) is -1.72. The van der Waals surface area contributed by atoms with Gasteiger partial charge >= 0.3 is 0 Å². The SMILES string of the molecule is Nc1c(F)c(NCCCN2C=CNC2)c(F)c2c1c(=O)ccn2CCc1ccccc1. The summed E-state index contributed by atoms with van der Waals surface area (Å²) in [6, 6.07) is 11.1. The number of aromatic nitrogens is 1. The maximum absolute atomic E-state index is 15.5. The Balaban J connectivity index is 1.62. The van der Waals surface area contributed by atoms with Gasteiger partial charge in [-0.15, -0.1) is 0 Å². The molecule has 0 saturated heterocycles. The first-order valence-corrected chi connectivity index (χ1v) is 10.3. The predicted molar refractivity (Wildman–Crippen MR) is 120 cm³/mol. The van der Waals surface area contributed by atoms with Gasteiger partial charge in [0, 0.05) is 44.3 Å². The third kappa shape index (κ3) is 4.33. The van der Waals surface area contributed by atoms with Gasteiger partial charge in [-0.05, 0) is 18.4 Å². The molecule has 0 aliphatic carbocycles. The van der Waals surface area contributed by atoms with Crippen LogP contribution in [0.15, 0.2) is 59.8 Å². The fourth-order valence-corrected chi connectivity index (χ4v) is 3.80. The maximum Gasteiger partial charge on any atom is 0.191 e. The molecule has 3 aromatic rings. The number of nitrogens with zero attached hydrogens (tertiary/aromatic N) is 2. The third-order valence-electron chi connectivity index (χ3n) is 5.43. The van der Waals surface area contributed by atoms with Crippen LogP contribution >= 0.6 is 0 Å². The Bertz CT molecular complexity index is 1160. The second kappa shape index (κ2) is 9.07. The zero-order chi connectivity index (χ0) is 21.8. The lowest BCUT2D eigenvalue weighted by atomic mass is 10.1. The fraction of sp³-hybridized carbons (Fsp3) is 0.261. The lowest BCUT2D eigenvalue weighted by Crippen LogP contribution is -2.23. The first-order chi connectivity index (χ1) is 15.1. The van der Waals surface area contributed by atoms with Gasteiger partial charge < -0.3 is 25.8 Å². The minimum Gasteiger partial charge on any atom is -0.396 e. The van der Waals surface area contributed by atoms with Crippen molar-refractivity contribution in [2.24, 2.45) is 0 Å². The van der Waals surface area contributed by atoms with Gasteiger partial charge in [0.1, 0.15) is 5.69 Å². The molecule has 2 aromatic carbocycles. The molecule has 162 valence electrons. The zero-order valence-corrected chi connectivity index (χ0v) is 17.1. The number of fused-ring (bicyclic) bond motifs is 1. The molecule has 2 heterocycles. The van der Waals surface area contributed by atoms with E-state index in [-0.39, 0.29) is 22.3 Å². The second-order valence-corrected chi connectivity index (χ2v) is 7.52. The van der Waals surface area contributed by atoms with E-state index >= 15 is 4.39 Å². The Kier molecular flexibility index (Phi) is 6.06. The van der Waals surface area contributed by atoms with Crippen LogP contribution in [0.3, 0.4) is 0 Å². The van der Waals surface area contributed by atoms with Gasteiger partial charge in [0.25, 0.3) is 0 Å². The zero-order valence-electron chi connectivity index (χ0n) is 17.1. The number of anilines is 2. The Hall–Kier alpha value is -3.55. The standard InChI is InChI=1S/C23H25F2N5O/c24-19-21(26)18-17(31)8-13-30(12-7-16-5-2-1-3-6-16)23(18)20(25)22(19)28-9-4-11-29-14-10-27-15-29/h1-3,5-6,8,10,13-14,27-28H,4,7,9,11-12,15,26H2. The quantitative estimate of drug-likeness (QED) is 0.382. The highest BCUT2D eigenvalue weighted by Gasteiger charge is 2.22. The van der Waals surface area contributed by atoms with Gasteiger partial charge in [-0.3, -0.25) is 4.79 Å². The first-order valence-electron chi connectivity index (χ1n) is 10.3. The van der Waals surface area contributed by atoms with Gasteiger partial charge in [0.05, 0.1) is 23.3 Å². The predicted octanol–water partition coefficient (Wildman–Crippen LogP) is 3.24. The number of nitrogens with two attached hydrogens (primary N) is 1. The highest BCUT2D eigenvalue weighted by molar-refractivity contribution is 5.94. The Morgan fingerprint density at radius 3 is 2.65 bits per heavy atom. The summed E-state index contributed by atoms with van der Waals surface area (Å²) in [6.07, 6.45) is 6.63. The van der Waals surface area contributed by atoms with Crippen LogP contribution in [-0.4, -0.2) is 29.2 Å². The van der Waals surface area contributed by atoms with Crippen molar-refractivity contribution in [3.63, 3.8) is 0 Å². The third-order valence-corrected chi connectivity index (χ3v) is 5.43. The van der Waals surface area contributed by atoms with Crippen molar-refractivity contribution < 1.29 is 8.78 Å². The molecule has 8 heteroatoms. The summed E-state index contributed by atoms with van der Waals surface area (Å²) in [5.41, 5.74) is 5.93. The van der Waals surface area contributed by atoms with Gasteiger partial charge in [-0.25, -0.2) is 8.78 Å². The monoisotopic (exact) mass is 425 g/mol. The summed E-state index contributed by atoms with van der Waals surface area (Å²) in [4.78, 5) is 14.4. The molecule has 4 rings (SSSR count). The molecule has 0 fully saturated rings. The van der Waals surface area contributed by atoms with Crippen molar-refractivity contribution in [3.8, 4) is 0 Å². The largest absolute Gasteiger partial charge is 0.396 e. The van der Waals surface area contributed by atoms with Crippen LogP contribution in [-0.2, 0) is 13.0 Å². The number of hydrogen-bond donors (Lipinski definition) is 3. The van der Waals surface area contributed by atoms with Crippen LogP contribution < -0.4 is 21.8 Å². The summed E-state index contributed by atoms with van der Waals surface area (Å²) in [6.45, 7) is 2.25. The van der Waals surface area contributed by atoms with Crippen molar-refractivity contribution in [1.29, 1.82) is 0 Å². The van der Waals surface area contributed by atoms with Crippen molar-refractivity contribution in [2.75, 3.05) is 30.8 Å². The average molecular weight is 425 g/mol. The molecule has 0 unspecified atom stereocenters. The van der Waals surface area contributed by atoms with Gasteiger partial charge in [-0.1, -0.05) is 30.3 Å². The van der Waals surface area contributed by atoms with Crippen LogP contribution in [0.25, 0.3) is 10.9 Å². The highest BCUT2D eigenvalue weighted by atomic mass is 19.1. The summed E-state index contributed by atoms with van der Waals surface area (Å²) < 4.78 is 32.0. The Morgan fingerprint density at radius 2 is 1.90 bits per heavy atom. The summed E-state index contributed by atoms with van der Waals surface area (Å²) in [5, 5.41) is 5.79. The smallest absolute Gasteiger partial charge is 0.191 e. The van der Waals surface area contributed by atoms with E-state index < -0.39 is 17.1 Å². The fourth-order valence-electron chi connectivity index (χ4n) is 3.80.